The number of carbonyl (C=O) groups is 3. The molecule has 0 aromatic heterocycles. The maximum absolute atomic E-state index is 13.1. The van der Waals surface area contributed by atoms with Gasteiger partial charge in [-0.15, -0.1) is 0 Å². The van der Waals surface area contributed by atoms with Gasteiger partial charge in [-0.3, -0.25) is 19.2 Å². The molecule has 0 saturated carbocycles. The molecule has 2 unspecified atom stereocenters. The van der Waals surface area contributed by atoms with E-state index < -0.39 is 42.0 Å². The van der Waals surface area contributed by atoms with Crippen molar-refractivity contribution in [2.24, 2.45) is 0 Å². The van der Waals surface area contributed by atoms with E-state index in [-0.39, 0.29) is 11.5 Å². The quantitative estimate of drug-likeness (QED) is 0.346. The van der Waals surface area contributed by atoms with Crippen LogP contribution < -0.4 is 5.32 Å². The van der Waals surface area contributed by atoms with Gasteiger partial charge in [0, 0.05) is 0 Å². The Kier molecular flexibility index (Phi) is 8.01. The van der Waals surface area contributed by atoms with Gasteiger partial charge in [0.15, 0.2) is 0 Å². The number of fused-ring (bicyclic) bond motifs is 1. The molecule has 1 N–H and O–H groups in total. The summed E-state index contributed by atoms with van der Waals surface area (Å²) >= 11 is 0. The van der Waals surface area contributed by atoms with Gasteiger partial charge < -0.3 is 5.32 Å². The molecule has 2 aromatic carbocycles. The summed E-state index contributed by atoms with van der Waals surface area (Å²) in [5.41, 5.74) is -0.351. The molecule has 0 bridgehead atoms. The minimum absolute atomic E-state index is 0.0204. The third-order valence-electron chi connectivity index (χ3n) is 4.63. The van der Waals surface area contributed by atoms with Crippen LogP contribution in [0, 0.1) is 0 Å². The van der Waals surface area contributed by atoms with Crippen LogP contribution in [-0.2, 0) is 19.2 Å². The number of Topliss-reactive ketones (excluding diaryl/α,β-unsaturated/α-hetero) is 1. The van der Waals surface area contributed by atoms with Gasteiger partial charge in [0.05, 0.1) is 18.1 Å². The van der Waals surface area contributed by atoms with E-state index in [1.54, 1.807) is 13.0 Å². The van der Waals surface area contributed by atoms with Crippen LogP contribution in [0.5, 0.6) is 0 Å². The van der Waals surface area contributed by atoms with Crippen molar-refractivity contribution in [2.45, 2.75) is 64.4 Å². The van der Waals surface area contributed by atoms with E-state index in [1.165, 1.54) is 20.8 Å². The molecule has 174 valence electrons. The SMILES string of the molecule is CCC(NC(=O)C(=O)C(CC(F)(F)F)N(C=O)OC(C)(C)C)c1ccc2ccccc2c1. The lowest BCUT2D eigenvalue weighted by Gasteiger charge is -2.32. The van der Waals surface area contributed by atoms with Crippen molar-refractivity contribution in [2.75, 3.05) is 0 Å². The Morgan fingerprint density at radius 3 is 2.25 bits per heavy atom. The lowest BCUT2D eigenvalue weighted by atomic mass is 9.99. The lowest BCUT2D eigenvalue weighted by molar-refractivity contribution is -0.244. The van der Waals surface area contributed by atoms with Crippen LogP contribution >= 0.6 is 0 Å². The summed E-state index contributed by atoms with van der Waals surface area (Å²) in [7, 11) is 0. The van der Waals surface area contributed by atoms with Crippen LogP contribution in [0.15, 0.2) is 42.5 Å². The highest BCUT2D eigenvalue weighted by Crippen LogP contribution is 2.27. The number of carbonyl (C=O) groups excluding carboxylic acids is 3. The number of amides is 2. The molecule has 0 radical (unpaired) electrons. The van der Waals surface area contributed by atoms with Crippen molar-refractivity contribution in [1.82, 2.24) is 10.4 Å². The highest BCUT2D eigenvalue weighted by molar-refractivity contribution is 6.38. The molecule has 2 amide bonds. The van der Waals surface area contributed by atoms with Crippen LogP contribution in [0.25, 0.3) is 10.8 Å². The monoisotopic (exact) mass is 452 g/mol. The summed E-state index contributed by atoms with van der Waals surface area (Å²) in [4.78, 5) is 42.0. The van der Waals surface area contributed by atoms with E-state index in [0.29, 0.717) is 12.0 Å². The highest BCUT2D eigenvalue weighted by Gasteiger charge is 2.42. The second kappa shape index (κ2) is 10.1. The summed E-state index contributed by atoms with van der Waals surface area (Å²) in [6, 6.07) is 10.3. The van der Waals surface area contributed by atoms with Crippen LogP contribution in [0.2, 0.25) is 0 Å². The molecule has 2 aromatic rings. The molecule has 32 heavy (non-hydrogen) atoms. The van der Waals surface area contributed by atoms with E-state index in [0.717, 1.165) is 10.8 Å². The number of hydrogen-bond donors (Lipinski definition) is 1. The fourth-order valence-corrected chi connectivity index (χ4v) is 3.22. The predicted molar refractivity (Wildman–Crippen MR) is 113 cm³/mol. The molecule has 0 heterocycles. The van der Waals surface area contributed by atoms with Gasteiger partial charge in [0.2, 0.25) is 12.2 Å². The van der Waals surface area contributed by atoms with Crippen LogP contribution in [0.3, 0.4) is 0 Å². The third-order valence-corrected chi connectivity index (χ3v) is 4.63. The first-order chi connectivity index (χ1) is 14.8. The standard InChI is InChI=1S/C23H27F3N2O4/c1-5-18(17-11-10-15-8-6-7-9-16(15)12-17)27-21(31)20(30)19(13-23(24,25)26)28(14-29)32-22(2,3)4/h6-12,14,18-19H,5,13H2,1-4H3,(H,27,31). The Balaban J connectivity index is 2.27. The zero-order chi connectivity index (χ0) is 24.1. The van der Waals surface area contributed by atoms with Gasteiger partial charge in [-0.25, -0.2) is 5.06 Å². The first-order valence-electron chi connectivity index (χ1n) is 10.2. The van der Waals surface area contributed by atoms with E-state index in [9.17, 15) is 27.6 Å². The van der Waals surface area contributed by atoms with E-state index in [1.807, 2.05) is 36.4 Å². The van der Waals surface area contributed by atoms with Crippen molar-refractivity contribution >= 4 is 28.9 Å². The largest absolute Gasteiger partial charge is 0.391 e. The van der Waals surface area contributed by atoms with Crippen LogP contribution in [-0.4, -0.2) is 41.0 Å². The van der Waals surface area contributed by atoms with Crippen molar-refractivity contribution < 1.29 is 32.4 Å². The zero-order valence-corrected chi connectivity index (χ0v) is 18.4. The molecular formula is C23H27F3N2O4. The maximum Gasteiger partial charge on any atom is 0.391 e. The molecular weight excluding hydrogens is 425 g/mol. The Bertz CT molecular complexity index is 970. The average molecular weight is 452 g/mol. The number of nitrogens with one attached hydrogen (secondary N) is 1. The molecule has 0 spiro atoms. The fraction of sp³-hybridized carbons (Fsp3) is 0.435. The molecule has 6 nitrogen and oxygen atoms in total. The average Bonchev–Trinajstić information content (AvgIpc) is 2.71. The second-order valence-electron chi connectivity index (χ2n) is 8.41. The normalized spacial score (nSPS) is 14.0. The number of benzene rings is 2. The topological polar surface area (TPSA) is 75.7 Å². The Morgan fingerprint density at radius 1 is 1.09 bits per heavy atom. The first kappa shape index (κ1) is 25.3. The number of halogens is 3. The predicted octanol–water partition coefficient (Wildman–Crippen LogP) is 4.49. The number of hydrogen-bond acceptors (Lipinski definition) is 4. The van der Waals surface area contributed by atoms with Crippen molar-refractivity contribution in [1.29, 1.82) is 0 Å². The Labute approximate surface area is 184 Å². The minimum Gasteiger partial charge on any atom is -0.343 e. The number of nitrogens with zero attached hydrogens (tertiary/aromatic N) is 1. The van der Waals surface area contributed by atoms with Crippen molar-refractivity contribution in [3.8, 4) is 0 Å². The van der Waals surface area contributed by atoms with Crippen molar-refractivity contribution in [3.05, 3.63) is 48.0 Å². The highest BCUT2D eigenvalue weighted by atomic mass is 19.4. The van der Waals surface area contributed by atoms with E-state index in [2.05, 4.69) is 5.32 Å². The van der Waals surface area contributed by atoms with Gasteiger partial charge in [-0.1, -0.05) is 43.3 Å². The Morgan fingerprint density at radius 2 is 1.72 bits per heavy atom. The third kappa shape index (κ3) is 7.05. The molecule has 0 saturated heterocycles. The molecule has 0 aliphatic carbocycles. The minimum atomic E-state index is -4.80. The summed E-state index contributed by atoms with van der Waals surface area (Å²) in [5.74, 6) is -2.62. The number of rotatable bonds is 9. The molecule has 0 fully saturated rings. The fourth-order valence-electron chi connectivity index (χ4n) is 3.22. The molecule has 2 rings (SSSR count). The van der Waals surface area contributed by atoms with Crippen molar-refractivity contribution in [3.63, 3.8) is 0 Å². The summed E-state index contributed by atoms with van der Waals surface area (Å²) in [5, 5.41) is 4.68. The van der Waals surface area contributed by atoms with Gasteiger partial charge in [0.1, 0.15) is 6.04 Å². The van der Waals surface area contributed by atoms with E-state index in [4.69, 9.17) is 4.84 Å². The van der Waals surface area contributed by atoms with Gasteiger partial charge in [0.25, 0.3) is 5.91 Å². The van der Waals surface area contributed by atoms with Crippen LogP contribution in [0.4, 0.5) is 13.2 Å². The van der Waals surface area contributed by atoms with Gasteiger partial charge >= 0.3 is 6.18 Å². The number of ketones is 1. The molecule has 0 aliphatic rings. The molecule has 2 atom stereocenters. The summed E-state index contributed by atoms with van der Waals surface area (Å²) < 4.78 is 39.4. The smallest absolute Gasteiger partial charge is 0.343 e. The summed E-state index contributed by atoms with van der Waals surface area (Å²) in [6.45, 7) is 6.29. The zero-order valence-electron chi connectivity index (χ0n) is 18.4. The molecule has 0 aliphatic heterocycles. The summed E-state index contributed by atoms with van der Waals surface area (Å²) in [6.07, 6.45) is -6.13. The first-order valence-corrected chi connectivity index (χ1v) is 10.2. The Hall–Kier alpha value is -2.94. The lowest BCUT2D eigenvalue weighted by Crippen LogP contribution is -2.51. The van der Waals surface area contributed by atoms with E-state index >= 15 is 0 Å². The number of alkyl halides is 3. The number of hydroxylamine groups is 2. The van der Waals surface area contributed by atoms with Gasteiger partial charge in [-0.2, -0.15) is 13.2 Å². The maximum atomic E-state index is 13.1. The second-order valence-corrected chi connectivity index (χ2v) is 8.41. The van der Waals surface area contributed by atoms with Crippen LogP contribution in [0.1, 0.15) is 52.1 Å². The molecule has 9 heteroatoms. The van der Waals surface area contributed by atoms with Gasteiger partial charge in [-0.05, 0) is 49.6 Å².